The van der Waals surface area contributed by atoms with E-state index in [2.05, 4.69) is 5.32 Å². The molecule has 6 heteroatoms. The molecule has 1 aliphatic rings. The average Bonchev–Trinajstić information content (AvgIpc) is 2.29. The van der Waals surface area contributed by atoms with E-state index in [1.54, 1.807) is 0 Å². The molecule has 0 aromatic heterocycles. The molecule has 1 aliphatic heterocycles. The first kappa shape index (κ1) is 13.5. The van der Waals surface area contributed by atoms with Gasteiger partial charge in [-0.1, -0.05) is 11.6 Å². The van der Waals surface area contributed by atoms with Gasteiger partial charge >= 0.3 is 6.18 Å². The molecule has 0 aliphatic carbocycles. The van der Waals surface area contributed by atoms with E-state index in [1.807, 2.05) is 0 Å². The van der Waals surface area contributed by atoms with Crippen LogP contribution < -0.4 is 11.1 Å². The zero-order valence-corrected chi connectivity index (χ0v) is 10.4. The normalized spacial score (nSPS) is 19.3. The highest BCUT2D eigenvalue weighted by molar-refractivity contribution is 6.33. The molecule has 1 heterocycles. The lowest BCUT2D eigenvalue weighted by Gasteiger charge is -2.30. The number of anilines is 1. The molecular weight excluding hydrogens is 265 g/mol. The monoisotopic (exact) mass is 278 g/mol. The maximum atomic E-state index is 13.0. The second kappa shape index (κ2) is 4.97. The zero-order valence-electron chi connectivity index (χ0n) is 9.65. The molecule has 1 aromatic rings. The van der Waals surface area contributed by atoms with Gasteiger partial charge < -0.3 is 11.1 Å². The number of nitrogens with one attached hydrogen (secondary N) is 1. The number of nitrogens with two attached hydrogens (primary N) is 1. The molecule has 0 saturated carbocycles. The maximum absolute atomic E-state index is 13.0. The highest BCUT2D eigenvalue weighted by Crippen LogP contribution is 2.45. The fourth-order valence-electron chi connectivity index (χ4n) is 2.45. The van der Waals surface area contributed by atoms with Gasteiger partial charge in [-0.15, -0.1) is 0 Å². The van der Waals surface area contributed by atoms with Gasteiger partial charge in [-0.3, -0.25) is 0 Å². The lowest BCUT2D eigenvalue weighted by molar-refractivity contribution is -0.138. The first-order valence-electron chi connectivity index (χ1n) is 5.78. The number of rotatable bonds is 2. The van der Waals surface area contributed by atoms with Gasteiger partial charge in [-0.25, -0.2) is 0 Å². The van der Waals surface area contributed by atoms with Crippen LogP contribution in [-0.2, 0) is 6.18 Å². The predicted octanol–water partition coefficient (Wildman–Crippen LogP) is 3.61. The molecule has 3 N–H and O–H groups in total. The minimum Gasteiger partial charge on any atom is -0.384 e. The lowest BCUT2D eigenvalue weighted by Crippen LogP contribution is -2.23. The summed E-state index contributed by atoms with van der Waals surface area (Å²) in [7, 11) is 0. The minimum absolute atomic E-state index is 0.179. The van der Waals surface area contributed by atoms with Gasteiger partial charge in [-0.05, 0) is 43.0 Å². The summed E-state index contributed by atoms with van der Waals surface area (Å²) in [4.78, 5) is 0. The predicted molar refractivity (Wildman–Crippen MR) is 66.0 cm³/mol. The summed E-state index contributed by atoms with van der Waals surface area (Å²) in [5.41, 5.74) is 5.56. The molecule has 0 bridgehead atoms. The third-order valence-electron chi connectivity index (χ3n) is 3.22. The number of hydrogen-bond donors (Lipinski definition) is 2. The summed E-state index contributed by atoms with van der Waals surface area (Å²) >= 11 is 5.97. The average molecular weight is 279 g/mol. The zero-order chi connectivity index (χ0) is 13.3. The van der Waals surface area contributed by atoms with Crippen molar-refractivity contribution in [3.8, 4) is 0 Å². The third-order valence-corrected chi connectivity index (χ3v) is 3.53. The first-order chi connectivity index (χ1) is 8.45. The van der Waals surface area contributed by atoms with Crippen molar-refractivity contribution in [3.05, 3.63) is 28.3 Å². The van der Waals surface area contributed by atoms with Crippen molar-refractivity contribution < 1.29 is 13.2 Å². The van der Waals surface area contributed by atoms with Crippen LogP contribution in [0.1, 0.15) is 29.9 Å². The summed E-state index contributed by atoms with van der Waals surface area (Å²) in [5, 5.41) is 3.29. The molecule has 0 saturated heterocycles. The summed E-state index contributed by atoms with van der Waals surface area (Å²) in [6.07, 6.45) is -3.17. The minimum atomic E-state index is -4.36. The topological polar surface area (TPSA) is 38.0 Å². The third kappa shape index (κ3) is 2.42. The van der Waals surface area contributed by atoms with Crippen LogP contribution in [0.2, 0.25) is 5.02 Å². The van der Waals surface area contributed by atoms with E-state index in [4.69, 9.17) is 17.3 Å². The standard InChI is InChI=1S/C12H14ClF3N2/c13-9-2-1-8(12(14,15)16)10-7(3-5-17)4-6-18-11(9)10/h1-2,7,18H,3-6,17H2. The number of benzene rings is 1. The molecule has 0 spiro atoms. The molecular formula is C12H14ClF3N2. The van der Waals surface area contributed by atoms with Gasteiger partial charge in [0.2, 0.25) is 0 Å². The van der Waals surface area contributed by atoms with E-state index in [-0.39, 0.29) is 11.5 Å². The molecule has 1 atom stereocenters. The van der Waals surface area contributed by atoms with Crippen molar-refractivity contribution in [2.24, 2.45) is 5.73 Å². The highest BCUT2D eigenvalue weighted by Gasteiger charge is 2.38. The van der Waals surface area contributed by atoms with Crippen molar-refractivity contribution >= 4 is 17.3 Å². The molecule has 0 fully saturated rings. The fraction of sp³-hybridized carbons (Fsp3) is 0.500. The molecule has 2 rings (SSSR count). The summed E-state index contributed by atoms with van der Waals surface area (Å²) in [6.45, 7) is 0.993. The van der Waals surface area contributed by atoms with Crippen molar-refractivity contribution in [1.29, 1.82) is 0 Å². The van der Waals surface area contributed by atoms with Crippen LogP contribution >= 0.6 is 11.6 Å². The van der Waals surface area contributed by atoms with Gasteiger partial charge in [0.05, 0.1) is 16.3 Å². The van der Waals surface area contributed by atoms with Crippen LogP contribution in [0.5, 0.6) is 0 Å². The van der Waals surface area contributed by atoms with Crippen LogP contribution in [0.15, 0.2) is 12.1 Å². The van der Waals surface area contributed by atoms with E-state index in [0.29, 0.717) is 36.6 Å². The van der Waals surface area contributed by atoms with Crippen molar-refractivity contribution in [1.82, 2.24) is 0 Å². The van der Waals surface area contributed by atoms with Gasteiger partial charge in [0.25, 0.3) is 0 Å². The van der Waals surface area contributed by atoms with Crippen LogP contribution in [0.25, 0.3) is 0 Å². The Morgan fingerprint density at radius 2 is 2.11 bits per heavy atom. The Bertz CT molecular complexity index is 446. The Morgan fingerprint density at radius 3 is 2.72 bits per heavy atom. The number of alkyl halides is 3. The Kier molecular flexibility index (Phi) is 3.73. The second-order valence-corrected chi connectivity index (χ2v) is 4.78. The van der Waals surface area contributed by atoms with Gasteiger partial charge in [-0.2, -0.15) is 13.2 Å². The Balaban J connectivity index is 2.57. The van der Waals surface area contributed by atoms with Crippen LogP contribution in [0.4, 0.5) is 18.9 Å². The molecule has 1 aromatic carbocycles. The maximum Gasteiger partial charge on any atom is 0.416 e. The second-order valence-electron chi connectivity index (χ2n) is 4.37. The summed E-state index contributed by atoms with van der Waals surface area (Å²) in [5.74, 6) is -0.179. The quantitative estimate of drug-likeness (QED) is 0.867. The molecule has 18 heavy (non-hydrogen) atoms. The van der Waals surface area contributed by atoms with Crippen LogP contribution in [0.3, 0.4) is 0 Å². The molecule has 0 amide bonds. The Labute approximate surface area is 108 Å². The van der Waals surface area contributed by atoms with Gasteiger partial charge in [0, 0.05) is 6.54 Å². The molecule has 2 nitrogen and oxygen atoms in total. The fourth-order valence-corrected chi connectivity index (χ4v) is 2.68. The molecule has 100 valence electrons. The lowest BCUT2D eigenvalue weighted by atomic mass is 9.85. The highest BCUT2D eigenvalue weighted by atomic mass is 35.5. The van der Waals surface area contributed by atoms with E-state index in [9.17, 15) is 13.2 Å². The number of halogens is 4. The van der Waals surface area contributed by atoms with E-state index in [0.717, 1.165) is 6.07 Å². The van der Waals surface area contributed by atoms with Gasteiger partial charge in [0.15, 0.2) is 0 Å². The van der Waals surface area contributed by atoms with E-state index < -0.39 is 11.7 Å². The summed E-state index contributed by atoms with van der Waals surface area (Å²) in [6, 6.07) is 2.35. The summed E-state index contributed by atoms with van der Waals surface area (Å²) < 4.78 is 39.1. The van der Waals surface area contributed by atoms with Crippen molar-refractivity contribution in [2.45, 2.75) is 24.9 Å². The Hall–Kier alpha value is -0.940. The molecule has 0 radical (unpaired) electrons. The SMILES string of the molecule is NCCC1CCNc2c(Cl)ccc(C(F)(F)F)c21. The van der Waals surface area contributed by atoms with Crippen molar-refractivity contribution in [3.63, 3.8) is 0 Å². The van der Waals surface area contributed by atoms with E-state index in [1.165, 1.54) is 6.07 Å². The van der Waals surface area contributed by atoms with Crippen LogP contribution in [0, 0.1) is 0 Å². The number of fused-ring (bicyclic) bond motifs is 1. The van der Waals surface area contributed by atoms with E-state index >= 15 is 0 Å². The van der Waals surface area contributed by atoms with Crippen molar-refractivity contribution in [2.75, 3.05) is 18.4 Å². The first-order valence-corrected chi connectivity index (χ1v) is 6.16. The smallest absolute Gasteiger partial charge is 0.384 e. The van der Waals surface area contributed by atoms with Crippen LogP contribution in [-0.4, -0.2) is 13.1 Å². The number of hydrogen-bond acceptors (Lipinski definition) is 2. The van der Waals surface area contributed by atoms with Gasteiger partial charge in [0.1, 0.15) is 0 Å². The molecule has 1 unspecified atom stereocenters. The largest absolute Gasteiger partial charge is 0.416 e. The Morgan fingerprint density at radius 1 is 1.39 bits per heavy atom.